The lowest BCUT2D eigenvalue weighted by atomic mass is 10.1. The number of rotatable bonds is 5. The molecular weight excluding hydrogens is 288 g/mol. The number of ether oxygens (including phenoxy) is 1. The second-order valence-corrected chi connectivity index (χ2v) is 6.03. The van der Waals surface area contributed by atoms with Gasteiger partial charge in [0, 0.05) is 32.3 Å². The van der Waals surface area contributed by atoms with Crippen LogP contribution in [0.3, 0.4) is 0 Å². The highest BCUT2D eigenvalue weighted by atomic mass is 32.1. The standard InChI is InChI=1S/C14H20N4O2S/c1-15-14-16-12(13-18(14)7-9-21-13)10-4-3-6-17(10)11(19)5-8-20-2/h7,9-10H,3-6,8H2,1-2H3,(H,15,16). The molecule has 1 fully saturated rings. The third kappa shape index (κ3) is 2.51. The zero-order valence-corrected chi connectivity index (χ0v) is 13.2. The number of anilines is 1. The van der Waals surface area contributed by atoms with E-state index in [-0.39, 0.29) is 11.9 Å². The fourth-order valence-electron chi connectivity index (χ4n) is 2.92. The van der Waals surface area contributed by atoms with Crippen LogP contribution < -0.4 is 5.32 Å². The summed E-state index contributed by atoms with van der Waals surface area (Å²) in [6, 6.07) is 0.0881. The molecule has 1 amide bonds. The Kier molecular flexibility index (Phi) is 4.12. The van der Waals surface area contributed by atoms with Gasteiger partial charge in [-0.25, -0.2) is 4.98 Å². The van der Waals surface area contributed by atoms with Gasteiger partial charge in [-0.15, -0.1) is 11.3 Å². The molecule has 7 heteroatoms. The Hall–Kier alpha value is -1.60. The van der Waals surface area contributed by atoms with Crippen molar-refractivity contribution in [1.29, 1.82) is 0 Å². The van der Waals surface area contributed by atoms with Crippen LogP contribution in [0.15, 0.2) is 11.6 Å². The molecule has 2 aromatic heterocycles. The summed E-state index contributed by atoms with van der Waals surface area (Å²) in [4.78, 5) is 20.1. The molecule has 0 aromatic carbocycles. The predicted molar refractivity (Wildman–Crippen MR) is 82.8 cm³/mol. The number of thiazole rings is 1. The second kappa shape index (κ2) is 6.03. The van der Waals surface area contributed by atoms with Crippen LogP contribution >= 0.6 is 11.3 Å². The monoisotopic (exact) mass is 308 g/mol. The Morgan fingerprint density at radius 3 is 3.24 bits per heavy atom. The highest BCUT2D eigenvalue weighted by Crippen LogP contribution is 2.36. The molecule has 0 spiro atoms. The quantitative estimate of drug-likeness (QED) is 0.919. The SMILES string of the molecule is CNc1nc(C2CCCN2C(=O)CCOC)c2sccn12. The number of carbonyl (C=O) groups is 1. The summed E-state index contributed by atoms with van der Waals surface area (Å²) in [5.41, 5.74) is 1.01. The van der Waals surface area contributed by atoms with E-state index in [2.05, 4.69) is 9.72 Å². The summed E-state index contributed by atoms with van der Waals surface area (Å²) in [5.74, 6) is 0.987. The smallest absolute Gasteiger partial charge is 0.225 e. The first-order valence-electron chi connectivity index (χ1n) is 7.18. The number of amides is 1. The average Bonchev–Trinajstić information content (AvgIpc) is 3.19. The summed E-state index contributed by atoms with van der Waals surface area (Å²) in [7, 11) is 3.49. The van der Waals surface area contributed by atoms with Crippen LogP contribution in [0.5, 0.6) is 0 Å². The fourth-order valence-corrected chi connectivity index (χ4v) is 3.80. The van der Waals surface area contributed by atoms with Crippen LogP contribution in [-0.4, -0.2) is 47.5 Å². The second-order valence-electron chi connectivity index (χ2n) is 5.14. The van der Waals surface area contributed by atoms with E-state index in [1.54, 1.807) is 18.4 Å². The third-order valence-corrected chi connectivity index (χ3v) is 4.80. The number of nitrogens with one attached hydrogen (secondary N) is 1. The van der Waals surface area contributed by atoms with Gasteiger partial charge in [0.25, 0.3) is 0 Å². The van der Waals surface area contributed by atoms with Gasteiger partial charge in [-0.2, -0.15) is 0 Å². The number of carbonyl (C=O) groups excluding carboxylic acids is 1. The van der Waals surface area contributed by atoms with Crippen LogP contribution in [0.4, 0.5) is 5.95 Å². The molecular formula is C14H20N4O2S. The van der Waals surface area contributed by atoms with E-state index in [0.29, 0.717) is 13.0 Å². The molecule has 6 nitrogen and oxygen atoms in total. The number of methoxy groups -OCH3 is 1. The number of hydrogen-bond acceptors (Lipinski definition) is 5. The molecule has 0 bridgehead atoms. The number of aromatic nitrogens is 2. The maximum atomic E-state index is 12.3. The van der Waals surface area contributed by atoms with Crippen molar-refractivity contribution in [3.63, 3.8) is 0 Å². The van der Waals surface area contributed by atoms with Crippen LogP contribution in [-0.2, 0) is 9.53 Å². The van der Waals surface area contributed by atoms with E-state index < -0.39 is 0 Å². The van der Waals surface area contributed by atoms with Gasteiger partial charge in [0.1, 0.15) is 10.5 Å². The predicted octanol–water partition coefficient (Wildman–Crippen LogP) is 2.14. The van der Waals surface area contributed by atoms with Crippen molar-refractivity contribution in [2.75, 3.05) is 32.6 Å². The minimum absolute atomic E-state index is 0.0881. The molecule has 1 N–H and O–H groups in total. The van der Waals surface area contributed by atoms with Crippen LogP contribution in [0.1, 0.15) is 31.0 Å². The largest absolute Gasteiger partial charge is 0.384 e. The minimum Gasteiger partial charge on any atom is -0.384 e. The molecule has 21 heavy (non-hydrogen) atoms. The van der Waals surface area contributed by atoms with Crippen molar-refractivity contribution in [3.05, 3.63) is 17.3 Å². The van der Waals surface area contributed by atoms with E-state index in [1.807, 2.05) is 23.5 Å². The third-order valence-electron chi connectivity index (χ3n) is 3.91. The summed E-state index contributed by atoms with van der Waals surface area (Å²) in [5, 5.41) is 5.16. The van der Waals surface area contributed by atoms with Crippen LogP contribution in [0.2, 0.25) is 0 Å². The van der Waals surface area contributed by atoms with Crippen LogP contribution in [0.25, 0.3) is 4.83 Å². The molecule has 114 valence electrons. The van der Waals surface area contributed by atoms with Gasteiger partial charge in [0.05, 0.1) is 19.1 Å². The lowest BCUT2D eigenvalue weighted by Crippen LogP contribution is -2.31. The molecule has 3 rings (SSSR count). The van der Waals surface area contributed by atoms with Crippen molar-refractivity contribution in [1.82, 2.24) is 14.3 Å². The Morgan fingerprint density at radius 1 is 1.62 bits per heavy atom. The minimum atomic E-state index is 0.0881. The maximum Gasteiger partial charge on any atom is 0.225 e. The summed E-state index contributed by atoms with van der Waals surface area (Å²) < 4.78 is 7.07. The normalized spacial score (nSPS) is 18.6. The number of fused-ring (bicyclic) bond motifs is 1. The molecule has 0 radical (unpaired) electrons. The van der Waals surface area contributed by atoms with Gasteiger partial charge in [0.2, 0.25) is 11.9 Å². The summed E-state index contributed by atoms with van der Waals surface area (Å²) >= 11 is 1.67. The number of likely N-dealkylation sites (tertiary alicyclic amines) is 1. The first-order valence-corrected chi connectivity index (χ1v) is 8.05. The Bertz CT molecular complexity index is 636. The van der Waals surface area contributed by atoms with Crippen molar-refractivity contribution in [2.24, 2.45) is 0 Å². The lowest BCUT2D eigenvalue weighted by Gasteiger charge is -2.23. The molecule has 1 aliphatic rings. The van der Waals surface area contributed by atoms with Gasteiger partial charge in [-0.05, 0) is 12.8 Å². The summed E-state index contributed by atoms with van der Waals surface area (Å²) in [6.45, 7) is 1.29. The molecule has 1 atom stereocenters. The topological polar surface area (TPSA) is 58.9 Å². The van der Waals surface area contributed by atoms with Gasteiger partial charge >= 0.3 is 0 Å². The van der Waals surface area contributed by atoms with Crippen molar-refractivity contribution in [3.8, 4) is 0 Å². The maximum absolute atomic E-state index is 12.3. The first kappa shape index (κ1) is 14.3. The lowest BCUT2D eigenvalue weighted by molar-refractivity contribution is -0.133. The van der Waals surface area contributed by atoms with E-state index in [4.69, 9.17) is 9.72 Å². The van der Waals surface area contributed by atoms with Crippen molar-refractivity contribution >= 4 is 28.0 Å². The fraction of sp³-hybridized carbons (Fsp3) is 0.571. The molecule has 2 aromatic rings. The Labute approximate surface area is 127 Å². The van der Waals surface area contributed by atoms with Crippen LogP contribution in [0, 0.1) is 0 Å². The van der Waals surface area contributed by atoms with Gasteiger partial charge in [-0.1, -0.05) is 0 Å². The van der Waals surface area contributed by atoms with Gasteiger partial charge in [0.15, 0.2) is 0 Å². The van der Waals surface area contributed by atoms with E-state index in [1.165, 1.54) is 0 Å². The molecule has 0 saturated carbocycles. The van der Waals surface area contributed by atoms with Gasteiger partial charge < -0.3 is 15.0 Å². The van der Waals surface area contributed by atoms with Gasteiger partial charge in [-0.3, -0.25) is 9.20 Å². The molecule has 1 saturated heterocycles. The van der Waals surface area contributed by atoms with E-state index in [9.17, 15) is 4.79 Å². The average molecular weight is 308 g/mol. The van der Waals surface area contributed by atoms with E-state index >= 15 is 0 Å². The molecule has 0 aliphatic carbocycles. The first-order chi connectivity index (χ1) is 10.3. The molecule has 1 unspecified atom stereocenters. The highest BCUT2D eigenvalue weighted by Gasteiger charge is 2.33. The zero-order valence-electron chi connectivity index (χ0n) is 12.3. The molecule has 3 heterocycles. The number of imidazole rings is 1. The van der Waals surface area contributed by atoms with Crippen molar-refractivity contribution in [2.45, 2.75) is 25.3 Å². The van der Waals surface area contributed by atoms with Crippen molar-refractivity contribution < 1.29 is 9.53 Å². The number of hydrogen-bond donors (Lipinski definition) is 1. The summed E-state index contributed by atoms with van der Waals surface area (Å²) in [6.07, 6.45) is 4.46. The van der Waals surface area contributed by atoms with E-state index in [0.717, 1.165) is 35.9 Å². The Balaban J connectivity index is 1.90. The zero-order chi connectivity index (χ0) is 14.8. The highest BCUT2D eigenvalue weighted by molar-refractivity contribution is 7.15. The number of nitrogens with zero attached hydrogens (tertiary/aromatic N) is 3. The molecule has 1 aliphatic heterocycles. The Morgan fingerprint density at radius 2 is 2.48 bits per heavy atom.